The number of benzene rings is 2. The maximum absolute atomic E-state index is 13.0. The van der Waals surface area contributed by atoms with Gasteiger partial charge in [0.1, 0.15) is 5.75 Å². The van der Waals surface area contributed by atoms with Crippen LogP contribution in [0, 0.1) is 20.8 Å². The van der Waals surface area contributed by atoms with Crippen molar-refractivity contribution in [2.45, 2.75) is 32.1 Å². The van der Waals surface area contributed by atoms with E-state index in [-0.39, 0.29) is 17.1 Å². The van der Waals surface area contributed by atoms with Crippen molar-refractivity contribution in [3.63, 3.8) is 0 Å². The van der Waals surface area contributed by atoms with Crippen molar-refractivity contribution in [1.82, 2.24) is 5.16 Å². The van der Waals surface area contributed by atoms with Gasteiger partial charge in [0.05, 0.1) is 28.5 Å². The molecule has 9 heteroatoms. The molecule has 1 aromatic heterocycles. The Bertz CT molecular complexity index is 1230. The lowest BCUT2D eigenvalue weighted by Crippen LogP contribution is -2.18. The van der Waals surface area contributed by atoms with Crippen molar-refractivity contribution in [3.05, 3.63) is 58.2 Å². The predicted octanol–water partition coefficient (Wildman–Crippen LogP) is 4.73. The van der Waals surface area contributed by atoms with Crippen LogP contribution in [0.3, 0.4) is 0 Å². The molecule has 0 aliphatic heterocycles. The lowest BCUT2D eigenvalue weighted by Gasteiger charge is -2.11. The molecule has 3 aromatic rings. The van der Waals surface area contributed by atoms with E-state index in [4.69, 9.17) is 20.9 Å². The minimum absolute atomic E-state index is 0.166. The van der Waals surface area contributed by atoms with E-state index in [1.165, 1.54) is 7.11 Å². The average Bonchev–Trinajstić information content (AvgIpc) is 3.05. The van der Waals surface area contributed by atoms with Gasteiger partial charge in [-0.25, -0.2) is 8.42 Å². The number of aromatic nitrogens is 1. The molecule has 164 valence electrons. The number of hydrogen-bond acceptors (Lipinski definition) is 6. The summed E-state index contributed by atoms with van der Waals surface area (Å²) in [6.07, 6.45) is -0.198. The van der Waals surface area contributed by atoms with Gasteiger partial charge in [0.25, 0.3) is 0 Å². The largest absolute Gasteiger partial charge is 0.495 e. The molecular weight excluding hydrogens is 440 g/mol. The number of aryl methyl sites for hydroxylation is 2. The number of rotatable bonds is 7. The summed E-state index contributed by atoms with van der Waals surface area (Å²) in [6.45, 7) is 5.41. The van der Waals surface area contributed by atoms with Crippen LogP contribution in [0.15, 0.2) is 45.8 Å². The molecule has 0 spiro atoms. The topological polar surface area (TPSA) is 98.5 Å². The number of nitrogens with zero attached hydrogens (tertiary/aromatic N) is 1. The van der Waals surface area contributed by atoms with Gasteiger partial charge in [0.2, 0.25) is 5.91 Å². The van der Waals surface area contributed by atoms with Gasteiger partial charge in [-0.2, -0.15) is 0 Å². The molecule has 1 N–H and O–H groups in total. The molecule has 31 heavy (non-hydrogen) atoms. The molecule has 1 heterocycles. The molecule has 0 unspecified atom stereocenters. The number of carbonyl (C=O) groups excluding carboxylic acids is 1. The summed E-state index contributed by atoms with van der Waals surface area (Å²) in [5, 5.41) is 6.93. The van der Waals surface area contributed by atoms with Gasteiger partial charge < -0.3 is 14.6 Å². The highest BCUT2D eigenvalue weighted by Crippen LogP contribution is 2.30. The van der Waals surface area contributed by atoms with Crippen LogP contribution in [-0.2, 0) is 14.6 Å². The first kappa shape index (κ1) is 22.8. The summed E-state index contributed by atoms with van der Waals surface area (Å²) in [4.78, 5) is 12.5. The van der Waals surface area contributed by atoms with Crippen molar-refractivity contribution >= 4 is 33.0 Å². The summed E-state index contributed by atoms with van der Waals surface area (Å²) < 4.78 is 36.3. The monoisotopic (exact) mass is 462 g/mol. The van der Waals surface area contributed by atoms with Crippen LogP contribution < -0.4 is 10.1 Å². The number of nitrogens with one attached hydrogen (secondary N) is 1. The SMILES string of the molecule is COc1ccc(NC(=O)CCS(=O)(=O)c2cc(-c3onc(C)c3C)ccc2C)cc1Cl. The third kappa shape index (κ3) is 5.08. The second kappa shape index (κ2) is 9.11. The molecule has 0 atom stereocenters. The number of carbonyl (C=O) groups is 1. The molecule has 0 aliphatic rings. The minimum Gasteiger partial charge on any atom is -0.495 e. The summed E-state index contributed by atoms with van der Waals surface area (Å²) in [5.41, 5.74) is 3.28. The van der Waals surface area contributed by atoms with Crippen LogP contribution >= 0.6 is 11.6 Å². The molecule has 0 fully saturated rings. The second-order valence-electron chi connectivity index (χ2n) is 7.17. The zero-order valence-electron chi connectivity index (χ0n) is 17.7. The molecule has 3 rings (SSSR count). The lowest BCUT2D eigenvalue weighted by molar-refractivity contribution is -0.115. The number of sulfone groups is 1. The number of methoxy groups -OCH3 is 1. The van der Waals surface area contributed by atoms with Crippen molar-refractivity contribution in [2.75, 3.05) is 18.2 Å². The standard InChI is InChI=1S/C22H23ClN2O5S/c1-13-5-6-16(22-14(2)15(3)25-30-22)11-20(13)31(27,28)10-9-21(26)24-17-7-8-19(29-4)18(23)12-17/h5-8,11-12H,9-10H2,1-4H3,(H,24,26). The zero-order valence-corrected chi connectivity index (χ0v) is 19.2. The van der Waals surface area contributed by atoms with Crippen molar-refractivity contribution in [3.8, 4) is 17.1 Å². The van der Waals surface area contributed by atoms with Crippen LogP contribution in [0.5, 0.6) is 5.75 Å². The molecule has 0 saturated carbocycles. The Morgan fingerprint density at radius 2 is 1.90 bits per heavy atom. The fourth-order valence-electron chi connectivity index (χ4n) is 3.07. The fraction of sp³-hybridized carbons (Fsp3) is 0.273. The van der Waals surface area contributed by atoms with E-state index in [0.29, 0.717) is 33.3 Å². The highest BCUT2D eigenvalue weighted by Gasteiger charge is 2.21. The van der Waals surface area contributed by atoms with Gasteiger partial charge in [-0.15, -0.1) is 0 Å². The third-order valence-corrected chi connectivity index (χ3v) is 7.12. The van der Waals surface area contributed by atoms with Crippen LogP contribution in [0.25, 0.3) is 11.3 Å². The van der Waals surface area contributed by atoms with E-state index in [1.807, 2.05) is 13.8 Å². The van der Waals surface area contributed by atoms with Gasteiger partial charge in [0, 0.05) is 23.2 Å². The van der Waals surface area contributed by atoms with E-state index in [2.05, 4.69) is 10.5 Å². The number of anilines is 1. The maximum atomic E-state index is 13.0. The highest BCUT2D eigenvalue weighted by molar-refractivity contribution is 7.91. The van der Waals surface area contributed by atoms with E-state index in [0.717, 1.165) is 11.3 Å². The van der Waals surface area contributed by atoms with Crippen molar-refractivity contribution in [1.29, 1.82) is 0 Å². The van der Waals surface area contributed by atoms with Crippen LogP contribution in [0.2, 0.25) is 5.02 Å². The van der Waals surface area contributed by atoms with Gasteiger partial charge in [0.15, 0.2) is 15.6 Å². The summed E-state index contributed by atoms with van der Waals surface area (Å²) in [5.74, 6) is 0.250. The quantitative estimate of drug-likeness (QED) is 0.545. The first-order valence-corrected chi connectivity index (χ1v) is 11.6. The second-order valence-corrected chi connectivity index (χ2v) is 9.65. The fourth-order valence-corrected chi connectivity index (χ4v) is 4.86. The Morgan fingerprint density at radius 3 is 2.52 bits per heavy atom. The Balaban J connectivity index is 1.74. The zero-order chi connectivity index (χ0) is 22.8. The number of halogens is 1. The van der Waals surface area contributed by atoms with Gasteiger partial charge >= 0.3 is 0 Å². The minimum atomic E-state index is -3.70. The lowest BCUT2D eigenvalue weighted by atomic mass is 10.1. The first-order chi connectivity index (χ1) is 14.6. The van der Waals surface area contributed by atoms with Gasteiger partial charge in [-0.05, 0) is 50.6 Å². The molecule has 0 saturated heterocycles. The molecule has 1 amide bonds. The first-order valence-electron chi connectivity index (χ1n) is 9.52. The number of ether oxygens (including phenoxy) is 1. The Hall–Kier alpha value is -2.84. The molecule has 2 aromatic carbocycles. The maximum Gasteiger partial charge on any atom is 0.225 e. The van der Waals surface area contributed by atoms with Gasteiger partial charge in [-0.1, -0.05) is 28.9 Å². The number of hydrogen-bond donors (Lipinski definition) is 1. The Labute approximate surface area is 186 Å². The van der Waals surface area contributed by atoms with Crippen LogP contribution in [-0.4, -0.2) is 32.3 Å². The van der Waals surface area contributed by atoms with Crippen molar-refractivity contribution < 1.29 is 22.5 Å². The van der Waals surface area contributed by atoms with Crippen LogP contribution in [0.4, 0.5) is 5.69 Å². The molecule has 0 aliphatic carbocycles. The van der Waals surface area contributed by atoms with Crippen molar-refractivity contribution in [2.24, 2.45) is 0 Å². The highest BCUT2D eigenvalue weighted by atomic mass is 35.5. The number of amides is 1. The van der Waals surface area contributed by atoms with Crippen LogP contribution in [0.1, 0.15) is 23.2 Å². The Morgan fingerprint density at radius 1 is 1.16 bits per heavy atom. The van der Waals surface area contributed by atoms with E-state index >= 15 is 0 Å². The smallest absolute Gasteiger partial charge is 0.225 e. The normalized spacial score (nSPS) is 11.4. The summed E-state index contributed by atoms with van der Waals surface area (Å²) in [7, 11) is -2.21. The average molecular weight is 463 g/mol. The summed E-state index contributed by atoms with van der Waals surface area (Å²) in [6, 6.07) is 9.88. The molecular formula is C22H23ClN2O5S. The van der Waals surface area contributed by atoms with E-state index < -0.39 is 15.7 Å². The predicted molar refractivity (Wildman–Crippen MR) is 119 cm³/mol. The van der Waals surface area contributed by atoms with Gasteiger partial charge in [-0.3, -0.25) is 4.79 Å². The molecule has 7 nitrogen and oxygen atoms in total. The van der Waals surface area contributed by atoms with E-state index in [9.17, 15) is 13.2 Å². The third-order valence-electron chi connectivity index (χ3n) is 4.98. The molecule has 0 bridgehead atoms. The van der Waals surface area contributed by atoms with E-state index in [1.54, 1.807) is 43.3 Å². The Kier molecular flexibility index (Phi) is 6.71. The molecule has 0 radical (unpaired) electrons. The summed E-state index contributed by atoms with van der Waals surface area (Å²) >= 11 is 6.05.